The first-order valence-corrected chi connectivity index (χ1v) is 5.80. The molecule has 0 heterocycles. The Labute approximate surface area is 102 Å². The molecule has 4 heteroatoms. The Bertz CT molecular complexity index is 391. The van der Waals surface area contributed by atoms with Gasteiger partial charge in [0.2, 0.25) is 0 Å². The van der Waals surface area contributed by atoms with Crippen molar-refractivity contribution in [2.24, 2.45) is 0 Å². The third-order valence-electron chi connectivity index (χ3n) is 2.65. The maximum absolute atomic E-state index is 11.4. The van der Waals surface area contributed by atoms with E-state index in [1.807, 2.05) is 25.1 Å². The molecule has 0 unspecified atom stereocenters. The minimum atomic E-state index is -0.324. The molecule has 0 radical (unpaired) electrons. The van der Waals surface area contributed by atoms with Crippen LogP contribution < -0.4 is 11.1 Å². The molecule has 1 rings (SSSR count). The Kier molecular flexibility index (Phi) is 4.97. The molecule has 1 aromatic carbocycles. The Morgan fingerprint density at radius 1 is 1.53 bits per heavy atom. The number of nitrogen functional groups attached to an aromatic ring is 1. The van der Waals surface area contributed by atoms with Crippen LogP contribution in [0.15, 0.2) is 18.2 Å². The van der Waals surface area contributed by atoms with Crippen LogP contribution in [0.5, 0.6) is 0 Å². The third kappa shape index (κ3) is 3.75. The van der Waals surface area contributed by atoms with Crippen LogP contribution in [0.2, 0.25) is 0 Å². The van der Waals surface area contributed by atoms with Crippen LogP contribution in [0.3, 0.4) is 0 Å². The zero-order valence-electron chi connectivity index (χ0n) is 10.6. The zero-order chi connectivity index (χ0) is 12.8. The summed E-state index contributed by atoms with van der Waals surface area (Å²) < 4.78 is 4.91. The molecule has 0 saturated heterocycles. The molecule has 0 aliphatic rings. The van der Waals surface area contributed by atoms with Crippen molar-refractivity contribution in [1.82, 2.24) is 5.32 Å². The van der Waals surface area contributed by atoms with Gasteiger partial charge in [0.15, 0.2) is 0 Å². The molecule has 1 atom stereocenters. The number of hydrogen-bond donors (Lipinski definition) is 2. The second-order valence-corrected chi connectivity index (χ2v) is 4.00. The van der Waals surface area contributed by atoms with E-state index >= 15 is 0 Å². The summed E-state index contributed by atoms with van der Waals surface area (Å²) in [5.41, 5.74) is 8.77. The summed E-state index contributed by atoms with van der Waals surface area (Å²) in [6.07, 6.45) is 0. The van der Waals surface area contributed by atoms with Gasteiger partial charge in [-0.3, -0.25) is 4.79 Å². The smallest absolute Gasteiger partial charge is 0.322 e. The van der Waals surface area contributed by atoms with E-state index in [2.05, 4.69) is 5.32 Å². The quantitative estimate of drug-likeness (QED) is 0.602. The van der Waals surface area contributed by atoms with Crippen molar-refractivity contribution in [1.29, 1.82) is 0 Å². The van der Waals surface area contributed by atoms with E-state index in [0.29, 0.717) is 13.2 Å². The molecule has 0 fully saturated rings. The SMILES string of the molecule is CCOC(=O)[C@H](C)NCc1cccc(C)c1N. The molecular formula is C13H20N2O2. The molecule has 94 valence electrons. The number of aryl methyl sites for hydroxylation is 1. The highest BCUT2D eigenvalue weighted by atomic mass is 16.5. The lowest BCUT2D eigenvalue weighted by molar-refractivity contribution is -0.145. The van der Waals surface area contributed by atoms with Gasteiger partial charge in [-0.15, -0.1) is 0 Å². The molecule has 0 spiro atoms. The average Bonchev–Trinajstić information content (AvgIpc) is 2.31. The lowest BCUT2D eigenvalue weighted by Gasteiger charge is -2.14. The van der Waals surface area contributed by atoms with Crippen molar-refractivity contribution in [3.05, 3.63) is 29.3 Å². The molecule has 1 aromatic rings. The zero-order valence-corrected chi connectivity index (χ0v) is 10.6. The van der Waals surface area contributed by atoms with Gasteiger partial charge in [-0.2, -0.15) is 0 Å². The van der Waals surface area contributed by atoms with Gasteiger partial charge in [-0.05, 0) is 31.9 Å². The number of hydrogen-bond acceptors (Lipinski definition) is 4. The fourth-order valence-corrected chi connectivity index (χ4v) is 1.51. The van der Waals surface area contributed by atoms with Gasteiger partial charge < -0.3 is 15.8 Å². The number of carbonyl (C=O) groups excluding carboxylic acids is 1. The number of rotatable bonds is 5. The minimum absolute atomic E-state index is 0.237. The highest BCUT2D eigenvalue weighted by Crippen LogP contribution is 2.16. The summed E-state index contributed by atoms with van der Waals surface area (Å²) in [6, 6.07) is 5.55. The molecule has 3 N–H and O–H groups in total. The number of esters is 1. The Morgan fingerprint density at radius 2 is 2.24 bits per heavy atom. The highest BCUT2D eigenvalue weighted by molar-refractivity contribution is 5.75. The van der Waals surface area contributed by atoms with Gasteiger partial charge >= 0.3 is 5.97 Å². The predicted octanol–water partition coefficient (Wildman–Crippen LogP) is 1.62. The molecule has 0 saturated carbocycles. The van der Waals surface area contributed by atoms with Crippen LogP contribution in [-0.4, -0.2) is 18.6 Å². The average molecular weight is 236 g/mol. The van der Waals surface area contributed by atoms with Gasteiger partial charge in [0.05, 0.1) is 6.61 Å². The van der Waals surface area contributed by atoms with E-state index in [4.69, 9.17) is 10.5 Å². The molecule has 0 bridgehead atoms. The summed E-state index contributed by atoms with van der Waals surface area (Å²) in [5, 5.41) is 3.10. The first-order valence-electron chi connectivity index (χ1n) is 5.80. The molecule has 4 nitrogen and oxygen atoms in total. The van der Waals surface area contributed by atoms with Crippen LogP contribution in [0, 0.1) is 6.92 Å². The molecular weight excluding hydrogens is 216 g/mol. The van der Waals surface area contributed by atoms with Gasteiger partial charge in [0.1, 0.15) is 6.04 Å². The largest absolute Gasteiger partial charge is 0.465 e. The maximum atomic E-state index is 11.4. The first-order chi connectivity index (χ1) is 8.06. The molecule has 17 heavy (non-hydrogen) atoms. The summed E-state index contributed by atoms with van der Waals surface area (Å²) in [4.78, 5) is 11.4. The van der Waals surface area contributed by atoms with Gasteiger partial charge in [0.25, 0.3) is 0 Å². The first kappa shape index (κ1) is 13.5. The monoisotopic (exact) mass is 236 g/mol. The lowest BCUT2D eigenvalue weighted by atomic mass is 10.1. The van der Waals surface area contributed by atoms with Gasteiger partial charge in [-0.1, -0.05) is 18.2 Å². The molecule has 0 amide bonds. The van der Waals surface area contributed by atoms with E-state index in [0.717, 1.165) is 16.8 Å². The number of ether oxygens (including phenoxy) is 1. The second-order valence-electron chi connectivity index (χ2n) is 4.00. The van der Waals surface area contributed by atoms with Crippen molar-refractivity contribution in [3.63, 3.8) is 0 Å². The number of benzene rings is 1. The van der Waals surface area contributed by atoms with Crippen LogP contribution >= 0.6 is 0 Å². The Balaban J connectivity index is 2.56. The number of nitrogens with one attached hydrogen (secondary N) is 1. The van der Waals surface area contributed by atoms with Gasteiger partial charge in [-0.25, -0.2) is 0 Å². The number of nitrogens with two attached hydrogens (primary N) is 1. The predicted molar refractivity (Wildman–Crippen MR) is 68.5 cm³/mol. The summed E-state index contributed by atoms with van der Waals surface area (Å²) in [7, 11) is 0. The molecule has 0 aromatic heterocycles. The topological polar surface area (TPSA) is 64.3 Å². The maximum Gasteiger partial charge on any atom is 0.322 e. The van der Waals surface area contributed by atoms with E-state index in [-0.39, 0.29) is 12.0 Å². The van der Waals surface area contributed by atoms with Crippen LogP contribution in [0.25, 0.3) is 0 Å². The van der Waals surface area contributed by atoms with Crippen LogP contribution in [0.1, 0.15) is 25.0 Å². The Hall–Kier alpha value is -1.55. The van der Waals surface area contributed by atoms with Crippen LogP contribution in [0.4, 0.5) is 5.69 Å². The lowest BCUT2D eigenvalue weighted by Crippen LogP contribution is -2.35. The summed E-state index contributed by atoms with van der Waals surface area (Å²) in [5.74, 6) is -0.237. The summed E-state index contributed by atoms with van der Waals surface area (Å²) >= 11 is 0. The minimum Gasteiger partial charge on any atom is -0.465 e. The number of anilines is 1. The second kappa shape index (κ2) is 6.25. The van der Waals surface area contributed by atoms with Gasteiger partial charge in [0, 0.05) is 12.2 Å². The van der Waals surface area contributed by atoms with Crippen LogP contribution in [-0.2, 0) is 16.1 Å². The molecule has 0 aliphatic heterocycles. The molecule has 0 aliphatic carbocycles. The van der Waals surface area contributed by atoms with E-state index in [1.54, 1.807) is 13.8 Å². The summed E-state index contributed by atoms with van der Waals surface area (Å²) in [6.45, 7) is 6.51. The van der Waals surface area contributed by atoms with E-state index in [1.165, 1.54) is 0 Å². The van der Waals surface area contributed by atoms with Crippen molar-refractivity contribution < 1.29 is 9.53 Å². The fraction of sp³-hybridized carbons (Fsp3) is 0.462. The van der Waals surface area contributed by atoms with Crippen molar-refractivity contribution >= 4 is 11.7 Å². The Morgan fingerprint density at radius 3 is 2.88 bits per heavy atom. The normalized spacial score (nSPS) is 12.2. The highest BCUT2D eigenvalue weighted by Gasteiger charge is 2.13. The van der Waals surface area contributed by atoms with Crippen molar-refractivity contribution in [2.75, 3.05) is 12.3 Å². The number of carbonyl (C=O) groups is 1. The van der Waals surface area contributed by atoms with Crippen molar-refractivity contribution in [2.45, 2.75) is 33.4 Å². The number of para-hydroxylation sites is 1. The third-order valence-corrected chi connectivity index (χ3v) is 2.65. The van der Waals surface area contributed by atoms with Crippen molar-refractivity contribution in [3.8, 4) is 0 Å². The fourth-order valence-electron chi connectivity index (χ4n) is 1.51. The van der Waals surface area contributed by atoms with E-state index in [9.17, 15) is 4.79 Å². The van der Waals surface area contributed by atoms with E-state index < -0.39 is 0 Å². The standard InChI is InChI=1S/C13H20N2O2/c1-4-17-13(16)10(3)15-8-11-7-5-6-9(2)12(11)14/h5-7,10,15H,4,8,14H2,1-3H3/t10-/m0/s1.